The van der Waals surface area contributed by atoms with Crippen LogP contribution in [0.2, 0.25) is 0 Å². The van der Waals surface area contributed by atoms with Crippen LogP contribution >= 0.6 is 45.3 Å². The van der Waals surface area contributed by atoms with E-state index in [-0.39, 0.29) is 129 Å². The number of thiazole rings is 4. The molecule has 0 saturated carbocycles. The SMILES string of the molecule is CC(C)(C)c1cc(-c2[c-]c(-c3ccccn3)cc3ccccc23)c2nc(-c3ccccc3O)sc2c1.CC(C)(C)c1ccnc(-c2[c-]c(-c3cc(C(C)(C)C)cc4sc(-c5ccccc5O)nc34)cc3ccccc23)c1.CC(C)(C)c1ccnc(-c2[c-]c(-c3cccc4sc(-c5ccccc5O)nc34)c3ccccc3c2)c1.Oc1ccccc1-c1nc2c(-c3[c-]c(-c4ccccn4)cc4ccccc34)cccc2s1.[Pt].[Pt].[Pt].[Pt]. The van der Waals surface area contributed by atoms with Gasteiger partial charge in [0.25, 0.3) is 0 Å². The molecule has 0 aliphatic heterocycles. The smallest absolute Gasteiger partial charge is 0.127 e. The van der Waals surface area contributed by atoms with E-state index in [1.54, 1.807) is 75.8 Å². The maximum Gasteiger partial charge on any atom is 0.127 e. The first kappa shape index (κ1) is 106. The number of benzene rings is 16. The maximum atomic E-state index is 10.6. The Balaban J connectivity index is 0.000000134. The Kier molecular flexibility index (Phi) is 31.7. The summed E-state index contributed by atoms with van der Waals surface area (Å²) in [5.74, 6) is 0.955. The number of phenols is 4. The number of hydrogen-bond acceptors (Lipinski definition) is 16. The summed E-state index contributed by atoms with van der Waals surface area (Å²) in [5.41, 5.74) is 27.2. The zero-order chi connectivity index (χ0) is 99.5. The number of phenolic OH excluding ortho intramolecular Hbond substituents is 4. The van der Waals surface area contributed by atoms with Crippen LogP contribution in [0.1, 0.15) is 105 Å². The van der Waals surface area contributed by atoms with Gasteiger partial charge in [-0.2, -0.15) is 0 Å². The van der Waals surface area contributed by atoms with Crippen LogP contribution in [-0.4, -0.2) is 60.3 Å². The molecule has 24 aromatic rings. The Labute approximate surface area is 935 Å². The minimum Gasteiger partial charge on any atom is -0.507 e. The quantitative estimate of drug-likeness (QED) is 0.0850. The molecule has 8 heterocycles. The fourth-order valence-electron chi connectivity index (χ4n) is 18.2. The number of aromatic nitrogens is 8. The third-order valence-corrected chi connectivity index (χ3v) is 30.2. The summed E-state index contributed by atoms with van der Waals surface area (Å²) in [7, 11) is 0. The molecule has 0 atom stereocenters. The Hall–Kier alpha value is -13.3. The molecule has 0 aliphatic carbocycles. The van der Waals surface area contributed by atoms with Crippen molar-refractivity contribution in [2.75, 3.05) is 0 Å². The van der Waals surface area contributed by atoms with E-state index in [0.717, 1.165) is 216 Å². The first-order valence-electron chi connectivity index (χ1n) is 47.9. The number of nitrogens with zero attached hydrogens (tertiary/aromatic N) is 8. The molecule has 0 unspecified atom stereocenters. The van der Waals surface area contributed by atoms with Crippen LogP contribution in [0.3, 0.4) is 0 Å². The predicted octanol–water partition coefficient (Wildman–Crippen LogP) is 34.6. The van der Waals surface area contributed by atoms with Gasteiger partial charge in [-0.1, -0.05) is 389 Å². The van der Waals surface area contributed by atoms with Crippen molar-refractivity contribution in [2.24, 2.45) is 0 Å². The minimum absolute atomic E-state index is 0. The van der Waals surface area contributed by atoms with Crippen LogP contribution in [0.15, 0.2) is 365 Å². The monoisotopic (exact) mass is 2720 g/mol. The molecule has 0 aliphatic rings. The largest absolute Gasteiger partial charge is 0.507 e. The van der Waals surface area contributed by atoms with Crippen molar-refractivity contribution < 1.29 is 105 Å². The van der Waals surface area contributed by atoms with Gasteiger partial charge in [0.2, 0.25) is 0 Å². The average molecular weight is 2720 g/mol. The fraction of sp³-hybridized carbons (Fsp3) is 0.125. The number of hydrogen-bond donors (Lipinski definition) is 4. The van der Waals surface area contributed by atoms with Crippen molar-refractivity contribution in [1.29, 1.82) is 0 Å². The van der Waals surface area contributed by atoms with Gasteiger partial charge < -0.3 is 20.4 Å². The van der Waals surface area contributed by atoms with E-state index in [1.807, 2.05) is 134 Å². The normalized spacial score (nSPS) is 11.5. The van der Waals surface area contributed by atoms with Gasteiger partial charge in [-0.25, -0.2) is 19.9 Å². The molecular formula is C128H100N8O4Pt4S4-4. The second kappa shape index (κ2) is 44.2. The van der Waals surface area contributed by atoms with Gasteiger partial charge in [0.1, 0.15) is 43.0 Å². The van der Waals surface area contributed by atoms with E-state index in [2.05, 4.69) is 318 Å². The van der Waals surface area contributed by atoms with E-state index in [9.17, 15) is 20.4 Å². The second-order valence-corrected chi connectivity index (χ2v) is 44.2. The van der Waals surface area contributed by atoms with E-state index in [0.29, 0.717) is 0 Å². The van der Waals surface area contributed by atoms with Crippen molar-refractivity contribution >= 4 is 129 Å². The van der Waals surface area contributed by atoms with E-state index < -0.39 is 0 Å². The molecule has 20 heteroatoms. The molecule has 0 fully saturated rings. The van der Waals surface area contributed by atoms with Gasteiger partial charge in [-0.3, -0.25) is 19.9 Å². The fourth-order valence-corrected chi connectivity index (χ4v) is 22.4. The van der Waals surface area contributed by atoms with Crippen LogP contribution in [0.5, 0.6) is 23.0 Å². The van der Waals surface area contributed by atoms with Gasteiger partial charge in [-0.15, -0.1) is 116 Å². The van der Waals surface area contributed by atoms with Crippen LogP contribution in [0.4, 0.5) is 0 Å². The van der Waals surface area contributed by atoms with Crippen molar-refractivity contribution in [3.05, 3.63) is 411 Å². The number of fused-ring (bicyclic) bond motifs is 8. The zero-order valence-corrected chi connectivity index (χ0v) is 95.3. The molecule has 4 N–H and O–H groups in total. The summed E-state index contributed by atoms with van der Waals surface area (Å²) in [6.07, 6.45) is 7.41. The summed E-state index contributed by atoms with van der Waals surface area (Å²) in [5, 5.41) is 54.1. The van der Waals surface area contributed by atoms with Crippen LogP contribution in [0, 0.1) is 24.3 Å². The van der Waals surface area contributed by atoms with Crippen LogP contribution in [-0.2, 0) is 106 Å². The first-order chi connectivity index (χ1) is 69.5. The van der Waals surface area contributed by atoms with Crippen molar-refractivity contribution in [3.63, 3.8) is 0 Å². The number of aromatic hydroxyl groups is 4. The molecule has 744 valence electrons. The molecule has 0 saturated heterocycles. The molecule has 148 heavy (non-hydrogen) atoms. The van der Waals surface area contributed by atoms with Gasteiger partial charge in [0.15, 0.2) is 0 Å². The summed E-state index contributed by atoms with van der Waals surface area (Å²) >= 11 is 6.40. The van der Waals surface area contributed by atoms with Crippen molar-refractivity contribution in [2.45, 2.75) is 105 Å². The minimum atomic E-state index is -0.0513. The molecule has 0 bridgehead atoms. The first-order valence-corrected chi connectivity index (χ1v) is 51.2. The molecule has 12 nitrogen and oxygen atoms in total. The summed E-state index contributed by atoms with van der Waals surface area (Å²) < 4.78 is 4.33. The van der Waals surface area contributed by atoms with Gasteiger partial charge >= 0.3 is 0 Å². The summed E-state index contributed by atoms with van der Waals surface area (Å²) in [6, 6.07) is 129. The van der Waals surface area contributed by atoms with Crippen LogP contribution in [0.25, 0.3) is 216 Å². The molecule has 24 rings (SSSR count). The average Bonchev–Trinajstić information content (AvgIpc) is 1.57. The van der Waals surface area contributed by atoms with Gasteiger partial charge in [-0.05, 0) is 141 Å². The summed E-state index contributed by atoms with van der Waals surface area (Å²) in [4.78, 5) is 38.8. The zero-order valence-electron chi connectivity index (χ0n) is 82.9. The van der Waals surface area contributed by atoms with Gasteiger partial charge in [0.05, 0.1) is 44.3 Å². The van der Waals surface area contributed by atoms with Crippen molar-refractivity contribution in [1.82, 2.24) is 39.9 Å². The predicted molar refractivity (Wildman–Crippen MR) is 602 cm³/mol. The third-order valence-electron chi connectivity index (χ3n) is 26.0. The molecule has 8 aromatic heterocycles. The molecule has 0 amide bonds. The standard InChI is InChI=1S/C36H33N2OS.2C32H25N2OS.C28H17N2OS.4Pt/c1-35(2,3)24-15-16-37-30(20-24)29-18-23(17-22-11-7-8-12-26(22)29)28-19-25(36(4,5)6)21-32-33(28)38-34(40-32)27-13-9-10-14-31(27)39;1-32(2,3)22-18-26(30-29(19-22)36-31(34-30)24-12-6-7-14-28(24)35)25-17-21(27-13-8-9-15-33-27)16-20-10-4-5-11-23(20)25;1-32(2,3)22-15-16-33-27(19-22)21-17-20-9-4-5-10-23(20)26(18-21)24-12-8-14-29-30(24)34-31(36-29)25-11-6-7-13-28(25)35;31-25-13-4-3-10-22(25)28-30-27-21(11-7-14-26(27)32-28)23-17-19(24-12-5-6-15-29-24)16-18-8-1-2-9-20(18)23;;;;/h7-17,19-21,39H,1-6H3;4-16,18-19,35H,1-3H3;4-17,19,35H,1-3H3;1-16,31H;;;;/q4*-1;;;;. The van der Waals surface area contributed by atoms with Gasteiger partial charge in [0, 0.05) is 151 Å². The van der Waals surface area contributed by atoms with E-state index in [4.69, 9.17) is 29.9 Å². The van der Waals surface area contributed by atoms with E-state index >= 15 is 0 Å². The topological polar surface area (TPSA) is 184 Å². The number of pyridine rings is 4. The Morgan fingerprint density at radius 1 is 0.209 bits per heavy atom. The van der Waals surface area contributed by atoms with Crippen LogP contribution < -0.4 is 0 Å². The molecule has 0 spiro atoms. The van der Waals surface area contributed by atoms with E-state index in [1.165, 1.54) is 22.3 Å². The molecular weight excluding hydrogens is 2620 g/mol. The maximum absolute atomic E-state index is 10.6. The number of para-hydroxylation sites is 6. The Morgan fingerprint density at radius 2 is 0.486 bits per heavy atom. The number of rotatable bonds is 12. The molecule has 16 aromatic carbocycles. The Morgan fingerprint density at radius 3 is 0.851 bits per heavy atom. The van der Waals surface area contributed by atoms with Crippen molar-refractivity contribution in [3.8, 4) is 155 Å². The summed E-state index contributed by atoms with van der Waals surface area (Å²) in [6.45, 7) is 26.7. The second-order valence-electron chi connectivity index (χ2n) is 40.1. The Bertz CT molecular complexity index is 9050. The molecule has 0 radical (unpaired) electrons. The third kappa shape index (κ3) is 22.1.